The van der Waals surface area contributed by atoms with Crippen molar-refractivity contribution in [2.24, 2.45) is 0 Å². The van der Waals surface area contributed by atoms with Crippen molar-refractivity contribution in [3.8, 4) is 0 Å². The van der Waals surface area contributed by atoms with Gasteiger partial charge in [-0.2, -0.15) is 0 Å². The molecular weight excluding hydrogens is 434 g/mol. The minimum Gasteiger partial charge on any atom is -0.361 e. The smallest absolute Gasteiger partial charge is 0.261 e. The molecule has 1 N–H and O–H groups in total. The molecule has 0 aliphatic carbocycles. The summed E-state index contributed by atoms with van der Waals surface area (Å²) in [5, 5.41) is 0.559. The van der Waals surface area contributed by atoms with Crippen molar-refractivity contribution in [2.45, 2.75) is 43.9 Å². The highest BCUT2D eigenvalue weighted by molar-refractivity contribution is 7.92. The molecule has 6 nitrogen and oxygen atoms in total. The third kappa shape index (κ3) is 4.39. The fraction of sp³-hybridized carbons (Fsp3) is 0.435. The lowest BCUT2D eigenvalue weighted by Gasteiger charge is -2.24. The van der Waals surface area contributed by atoms with Crippen LogP contribution in [0.1, 0.15) is 37.8 Å². The van der Waals surface area contributed by atoms with E-state index in [2.05, 4.69) is 23.5 Å². The SMILES string of the molecule is Cc1cc(Cl)ccc1NS(=O)(=O)c1ccc2c(c1)C(C)(C)CN2CC(=O)N1CCCC1. The van der Waals surface area contributed by atoms with Crippen molar-refractivity contribution in [1.82, 2.24) is 4.90 Å². The Morgan fingerprint density at radius 3 is 2.52 bits per heavy atom. The molecule has 0 atom stereocenters. The summed E-state index contributed by atoms with van der Waals surface area (Å²) >= 11 is 5.98. The number of hydrogen-bond acceptors (Lipinski definition) is 4. The Kier molecular flexibility index (Phi) is 5.68. The number of nitrogens with one attached hydrogen (secondary N) is 1. The summed E-state index contributed by atoms with van der Waals surface area (Å²) in [4.78, 5) is 16.9. The second-order valence-electron chi connectivity index (χ2n) is 9.07. The maximum absolute atomic E-state index is 13.1. The van der Waals surface area contributed by atoms with Crippen molar-refractivity contribution in [1.29, 1.82) is 0 Å². The van der Waals surface area contributed by atoms with Gasteiger partial charge in [0, 0.05) is 35.8 Å². The van der Waals surface area contributed by atoms with Gasteiger partial charge >= 0.3 is 0 Å². The van der Waals surface area contributed by atoms with Crippen LogP contribution in [0.4, 0.5) is 11.4 Å². The molecule has 31 heavy (non-hydrogen) atoms. The van der Waals surface area contributed by atoms with E-state index >= 15 is 0 Å². The lowest BCUT2D eigenvalue weighted by Crippen LogP contribution is -2.40. The number of hydrogen-bond donors (Lipinski definition) is 1. The first-order chi connectivity index (χ1) is 14.6. The van der Waals surface area contributed by atoms with Gasteiger partial charge in [-0.1, -0.05) is 25.4 Å². The number of sulfonamides is 1. The number of fused-ring (bicyclic) bond motifs is 1. The molecule has 166 valence electrons. The first kappa shape index (κ1) is 22.0. The number of halogens is 1. The third-order valence-electron chi connectivity index (χ3n) is 6.15. The van der Waals surface area contributed by atoms with E-state index in [1.807, 2.05) is 17.9 Å². The molecule has 2 aromatic rings. The zero-order valence-electron chi connectivity index (χ0n) is 18.1. The zero-order valence-corrected chi connectivity index (χ0v) is 19.7. The number of aryl methyl sites for hydroxylation is 1. The van der Waals surface area contributed by atoms with E-state index in [4.69, 9.17) is 11.6 Å². The van der Waals surface area contributed by atoms with Gasteiger partial charge in [-0.3, -0.25) is 9.52 Å². The van der Waals surface area contributed by atoms with E-state index < -0.39 is 10.0 Å². The Hall–Kier alpha value is -2.25. The average Bonchev–Trinajstić information content (AvgIpc) is 3.31. The van der Waals surface area contributed by atoms with Gasteiger partial charge in [-0.15, -0.1) is 0 Å². The number of rotatable bonds is 5. The molecule has 8 heteroatoms. The van der Waals surface area contributed by atoms with Gasteiger partial charge in [0.2, 0.25) is 5.91 Å². The number of benzene rings is 2. The maximum atomic E-state index is 13.1. The normalized spacial score (nSPS) is 17.7. The molecule has 4 rings (SSSR count). The number of amides is 1. The first-order valence-electron chi connectivity index (χ1n) is 10.5. The predicted molar refractivity (Wildman–Crippen MR) is 124 cm³/mol. The Bertz CT molecular complexity index is 1120. The summed E-state index contributed by atoms with van der Waals surface area (Å²) in [7, 11) is -3.76. The van der Waals surface area contributed by atoms with E-state index in [1.165, 1.54) is 0 Å². The lowest BCUT2D eigenvalue weighted by atomic mass is 9.87. The average molecular weight is 462 g/mol. The fourth-order valence-corrected chi connectivity index (χ4v) is 5.85. The van der Waals surface area contributed by atoms with E-state index in [0.717, 1.165) is 42.7 Å². The second kappa shape index (κ2) is 8.02. The summed E-state index contributed by atoms with van der Waals surface area (Å²) in [6.07, 6.45) is 2.13. The van der Waals surface area contributed by atoms with Crippen LogP contribution in [0.25, 0.3) is 0 Å². The Balaban J connectivity index is 1.60. The van der Waals surface area contributed by atoms with Crippen LogP contribution in [0.2, 0.25) is 5.02 Å². The number of nitrogens with zero attached hydrogens (tertiary/aromatic N) is 2. The van der Waals surface area contributed by atoms with Gasteiger partial charge in [-0.25, -0.2) is 8.42 Å². The summed E-state index contributed by atoms with van der Waals surface area (Å²) in [6, 6.07) is 10.2. The highest BCUT2D eigenvalue weighted by atomic mass is 35.5. The van der Waals surface area contributed by atoms with Crippen LogP contribution in [0.5, 0.6) is 0 Å². The standard InChI is InChI=1S/C23H28ClN3O3S/c1-16-12-17(24)6-8-20(16)25-31(29,30)18-7-9-21-19(13-18)23(2,3)15-27(21)14-22(28)26-10-4-5-11-26/h6-9,12-13,25H,4-5,10-11,14-15H2,1-3H3. The number of carbonyl (C=O) groups is 1. The fourth-order valence-electron chi connectivity index (χ4n) is 4.46. The van der Waals surface area contributed by atoms with Crippen molar-refractivity contribution < 1.29 is 13.2 Å². The van der Waals surface area contributed by atoms with Crippen molar-refractivity contribution >= 4 is 38.9 Å². The number of anilines is 2. The molecule has 0 bridgehead atoms. The van der Waals surface area contributed by atoms with Gasteiger partial charge in [0.1, 0.15) is 0 Å². The molecule has 2 heterocycles. The van der Waals surface area contributed by atoms with Crippen LogP contribution in [-0.2, 0) is 20.2 Å². The molecule has 0 spiro atoms. The van der Waals surface area contributed by atoms with Crippen LogP contribution < -0.4 is 9.62 Å². The number of likely N-dealkylation sites (tertiary alicyclic amines) is 1. The molecule has 1 saturated heterocycles. The van der Waals surface area contributed by atoms with Crippen LogP contribution >= 0.6 is 11.6 Å². The summed E-state index contributed by atoms with van der Waals surface area (Å²) in [6.45, 7) is 8.63. The van der Waals surface area contributed by atoms with Crippen LogP contribution in [-0.4, -0.2) is 45.4 Å². The monoisotopic (exact) mass is 461 g/mol. The van der Waals surface area contributed by atoms with E-state index in [0.29, 0.717) is 23.8 Å². The van der Waals surface area contributed by atoms with Crippen molar-refractivity contribution in [2.75, 3.05) is 35.8 Å². The quantitative estimate of drug-likeness (QED) is 0.725. The van der Waals surface area contributed by atoms with Crippen LogP contribution in [0.15, 0.2) is 41.3 Å². The largest absolute Gasteiger partial charge is 0.361 e. The Morgan fingerprint density at radius 1 is 1.13 bits per heavy atom. The van der Waals surface area contributed by atoms with E-state index in [9.17, 15) is 13.2 Å². The van der Waals surface area contributed by atoms with E-state index in [-0.39, 0.29) is 16.2 Å². The van der Waals surface area contributed by atoms with Crippen LogP contribution in [0.3, 0.4) is 0 Å². The molecule has 2 aromatic carbocycles. The van der Waals surface area contributed by atoms with Gasteiger partial charge in [0.15, 0.2) is 0 Å². The molecule has 2 aliphatic heterocycles. The van der Waals surface area contributed by atoms with Crippen molar-refractivity contribution in [3.63, 3.8) is 0 Å². The van der Waals surface area contributed by atoms with Crippen LogP contribution in [0, 0.1) is 6.92 Å². The predicted octanol–water partition coefficient (Wildman–Crippen LogP) is 4.17. The third-order valence-corrected chi connectivity index (χ3v) is 7.75. The summed E-state index contributed by atoms with van der Waals surface area (Å²) in [5.74, 6) is 0.137. The molecule has 2 aliphatic rings. The first-order valence-corrected chi connectivity index (χ1v) is 12.4. The highest BCUT2D eigenvalue weighted by Crippen LogP contribution is 2.41. The molecule has 0 radical (unpaired) electrons. The maximum Gasteiger partial charge on any atom is 0.261 e. The van der Waals surface area contributed by atoms with Gasteiger partial charge < -0.3 is 9.80 Å². The molecule has 0 saturated carbocycles. The minimum absolute atomic E-state index is 0.137. The molecule has 0 unspecified atom stereocenters. The molecule has 0 aromatic heterocycles. The van der Waals surface area contributed by atoms with Crippen molar-refractivity contribution in [3.05, 3.63) is 52.5 Å². The summed E-state index contributed by atoms with van der Waals surface area (Å²) < 4.78 is 28.8. The second-order valence-corrected chi connectivity index (χ2v) is 11.2. The van der Waals surface area contributed by atoms with Gasteiger partial charge in [0.05, 0.1) is 17.1 Å². The number of carbonyl (C=O) groups excluding carboxylic acids is 1. The summed E-state index contributed by atoms with van der Waals surface area (Å²) in [5.41, 5.74) is 2.87. The molecule has 1 amide bonds. The Labute approximate surface area is 189 Å². The minimum atomic E-state index is -3.76. The Morgan fingerprint density at radius 2 is 1.84 bits per heavy atom. The molecule has 1 fully saturated rings. The zero-order chi connectivity index (χ0) is 22.4. The van der Waals surface area contributed by atoms with Gasteiger partial charge in [0.25, 0.3) is 10.0 Å². The molecular formula is C23H28ClN3O3S. The highest BCUT2D eigenvalue weighted by Gasteiger charge is 2.37. The topological polar surface area (TPSA) is 69.7 Å². The lowest BCUT2D eigenvalue weighted by molar-refractivity contribution is -0.128. The van der Waals surface area contributed by atoms with E-state index in [1.54, 1.807) is 30.3 Å². The van der Waals surface area contributed by atoms with Gasteiger partial charge in [-0.05, 0) is 67.3 Å².